The molecule has 0 heterocycles. The van der Waals surface area contributed by atoms with Crippen LogP contribution in [0.15, 0.2) is 24.3 Å². The van der Waals surface area contributed by atoms with Gasteiger partial charge in [0.25, 0.3) is 0 Å². The average Bonchev–Trinajstić information content (AvgIpc) is 2.18. The molecule has 0 atom stereocenters. The van der Waals surface area contributed by atoms with Crippen molar-refractivity contribution in [3.8, 4) is 0 Å². The quantitative estimate of drug-likeness (QED) is 0.747. The Kier molecular flexibility index (Phi) is 3.10. The smallest absolute Gasteiger partial charge is 0.377 e. The molecule has 0 unspecified atom stereocenters. The molecule has 0 saturated heterocycles. The molecule has 9 heteroatoms. The first-order valence-corrected chi connectivity index (χ1v) is 4.32. The SMILES string of the molecule is O=C1C=CC(O)(C(F)(C(F)(F)F)C(F)(F)F)C=C1. The second-order valence-corrected chi connectivity index (χ2v) is 3.55. The Morgan fingerprint density at radius 1 is 0.889 bits per heavy atom. The Bertz CT molecular complexity index is 386. The molecule has 0 aromatic heterocycles. The summed E-state index contributed by atoms with van der Waals surface area (Å²) in [6.07, 6.45) is -12.7. The lowest BCUT2D eigenvalue weighted by Gasteiger charge is -2.40. The summed E-state index contributed by atoms with van der Waals surface area (Å²) >= 11 is 0. The van der Waals surface area contributed by atoms with Crippen LogP contribution in [-0.4, -0.2) is 34.5 Å². The van der Waals surface area contributed by atoms with E-state index in [1.807, 2.05) is 0 Å². The van der Waals surface area contributed by atoms with Crippen molar-refractivity contribution in [2.24, 2.45) is 0 Å². The van der Waals surface area contributed by atoms with Gasteiger partial charge in [-0.05, 0) is 24.3 Å². The summed E-state index contributed by atoms with van der Waals surface area (Å²) in [5.41, 5.74) is -9.92. The van der Waals surface area contributed by atoms with Gasteiger partial charge in [0, 0.05) is 0 Å². The third-order valence-electron chi connectivity index (χ3n) is 2.34. The zero-order valence-corrected chi connectivity index (χ0v) is 8.31. The molecule has 0 fully saturated rings. The number of carbonyl (C=O) groups excluding carboxylic acids is 1. The van der Waals surface area contributed by atoms with Crippen LogP contribution < -0.4 is 0 Å². The van der Waals surface area contributed by atoms with E-state index in [1.165, 1.54) is 0 Å². The highest BCUT2D eigenvalue weighted by Gasteiger charge is 2.80. The summed E-state index contributed by atoms with van der Waals surface area (Å²) in [7, 11) is 0. The van der Waals surface area contributed by atoms with Crippen LogP contribution in [0, 0.1) is 0 Å². The van der Waals surface area contributed by atoms with Gasteiger partial charge in [-0.3, -0.25) is 4.79 Å². The minimum atomic E-state index is -6.41. The van der Waals surface area contributed by atoms with E-state index in [9.17, 15) is 40.6 Å². The summed E-state index contributed by atoms with van der Waals surface area (Å²) in [6, 6.07) is 0. The lowest BCUT2D eigenvalue weighted by Crippen LogP contribution is -2.66. The van der Waals surface area contributed by atoms with Crippen molar-refractivity contribution >= 4 is 5.78 Å². The summed E-state index contributed by atoms with van der Waals surface area (Å²) < 4.78 is 87.4. The highest BCUT2D eigenvalue weighted by Crippen LogP contribution is 2.53. The van der Waals surface area contributed by atoms with E-state index in [1.54, 1.807) is 0 Å². The van der Waals surface area contributed by atoms with Gasteiger partial charge in [-0.25, -0.2) is 4.39 Å². The number of halogens is 7. The van der Waals surface area contributed by atoms with E-state index in [0.717, 1.165) is 0 Å². The van der Waals surface area contributed by atoms with E-state index in [-0.39, 0.29) is 24.3 Å². The maximum absolute atomic E-state index is 13.5. The molecule has 1 aliphatic carbocycles. The van der Waals surface area contributed by atoms with E-state index in [4.69, 9.17) is 0 Å². The number of ketones is 1. The van der Waals surface area contributed by atoms with Gasteiger partial charge in [-0.1, -0.05) is 0 Å². The summed E-state index contributed by atoms with van der Waals surface area (Å²) in [6.45, 7) is 0. The molecule has 18 heavy (non-hydrogen) atoms. The van der Waals surface area contributed by atoms with Crippen molar-refractivity contribution in [2.45, 2.75) is 23.6 Å². The van der Waals surface area contributed by atoms with Crippen LogP contribution in [0.25, 0.3) is 0 Å². The zero-order chi connectivity index (χ0) is 14.4. The molecular weight excluding hydrogens is 273 g/mol. The average molecular weight is 278 g/mol. The number of carbonyl (C=O) groups is 1. The van der Waals surface area contributed by atoms with Crippen molar-refractivity contribution in [2.75, 3.05) is 0 Å². The highest BCUT2D eigenvalue weighted by molar-refractivity contribution is 6.00. The van der Waals surface area contributed by atoms with Gasteiger partial charge in [0.05, 0.1) is 0 Å². The van der Waals surface area contributed by atoms with E-state index in [0.29, 0.717) is 0 Å². The Labute approximate surface area is 95.4 Å². The lowest BCUT2D eigenvalue weighted by molar-refractivity contribution is -0.371. The molecule has 1 rings (SSSR count). The molecule has 0 bridgehead atoms. The molecule has 2 nitrogen and oxygen atoms in total. The van der Waals surface area contributed by atoms with E-state index in [2.05, 4.69) is 0 Å². The second kappa shape index (κ2) is 3.81. The number of aliphatic hydroxyl groups is 1. The molecule has 0 spiro atoms. The highest BCUT2D eigenvalue weighted by atomic mass is 19.4. The van der Waals surface area contributed by atoms with Crippen molar-refractivity contribution < 1.29 is 40.6 Å². The largest absolute Gasteiger partial charge is 0.435 e. The van der Waals surface area contributed by atoms with Crippen molar-refractivity contribution in [3.63, 3.8) is 0 Å². The van der Waals surface area contributed by atoms with Crippen molar-refractivity contribution in [1.82, 2.24) is 0 Å². The van der Waals surface area contributed by atoms with E-state index < -0.39 is 29.4 Å². The van der Waals surface area contributed by atoms with Crippen LogP contribution in [-0.2, 0) is 4.79 Å². The maximum atomic E-state index is 13.5. The molecule has 1 N–H and O–H groups in total. The molecule has 1 aliphatic rings. The van der Waals surface area contributed by atoms with E-state index >= 15 is 0 Å². The second-order valence-electron chi connectivity index (χ2n) is 3.55. The zero-order valence-electron chi connectivity index (χ0n) is 8.31. The van der Waals surface area contributed by atoms with Gasteiger partial charge in [0.1, 0.15) is 0 Å². The van der Waals surface area contributed by atoms with Crippen LogP contribution >= 0.6 is 0 Å². The lowest BCUT2D eigenvalue weighted by atomic mass is 9.80. The molecule has 102 valence electrons. The third-order valence-corrected chi connectivity index (χ3v) is 2.34. The Balaban J connectivity index is 3.44. The monoisotopic (exact) mass is 278 g/mol. The first kappa shape index (κ1) is 14.7. The maximum Gasteiger partial charge on any atom is 0.435 e. The van der Waals surface area contributed by atoms with Gasteiger partial charge in [0.2, 0.25) is 0 Å². The summed E-state index contributed by atoms with van der Waals surface area (Å²) in [5.74, 6) is -0.966. The number of hydrogen-bond donors (Lipinski definition) is 1. The first-order valence-electron chi connectivity index (χ1n) is 4.32. The number of allylic oxidation sites excluding steroid dienone is 2. The third kappa shape index (κ3) is 1.92. The predicted molar refractivity (Wildman–Crippen MR) is 44.2 cm³/mol. The van der Waals surface area contributed by atoms with Crippen LogP contribution in [0.3, 0.4) is 0 Å². The van der Waals surface area contributed by atoms with Crippen molar-refractivity contribution in [3.05, 3.63) is 24.3 Å². The first-order chi connectivity index (χ1) is 7.85. The summed E-state index contributed by atoms with van der Waals surface area (Å²) in [5, 5.41) is 9.24. The van der Waals surface area contributed by atoms with Crippen LogP contribution in [0.2, 0.25) is 0 Å². The van der Waals surface area contributed by atoms with Gasteiger partial charge < -0.3 is 5.11 Å². The van der Waals surface area contributed by atoms with Gasteiger partial charge >= 0.3 is 18.0 Å². The number of hydrogen-bond acceptors (Lipinski definition) is 2. The molecule has 0 saturated carbocycles. The Hall–Kier alpha value is -1.38. The van der Waals surface area contributed by atoms with Crippen LogP contribution in [0.4, 0.5) is 30.7 Å². The fourth-order valence-corrected chi connectivity index (χ4v) is 1.37. The van der Waals surface area contributed by atoms with Gasteiger partial charge in [-0.2, -0.15) is 26.3 Å². The number of alkyl halides is 7. The Morgan fingerprint density at radius 2 is 1.22 bits per heavy atom. The Morgan fingerprint density at radius 3 is 1.50 bits per heavy atom. The topological polar surface area (TPSA) is 37.3 Å². The van der Waals surface area contributed by atoms with Crippen molar-refractivity contribution in [1.29, 1.82) is 0 Å². The normalized spacial score (nSPS) is 20.3. The molecule has 0 radical (unpaired) electrons. The predicted octanol–water partition coefficient (Wildman–Crippen LogP) is 2.25. The minimum Gasteiger partial charge on any atom is -0.377 e. The molecular formula is C9H5F7O2. The van der Waals surface area contributed by atoms with Gasteiger partial charge in [-0.15, -0.1) is 0 Å². The standard InChI is InChI=1S/C9H5F7O2/c10-7(8(11,12)13,9(14,15)16)6(18)3-1-5(17)2-4-6/h1-4,18H. The number of rotatable bonds is 1. The fraction of sp³-hybridized carbons (Fsp3) is 0.444. The molecule has 0 aromatic carbocycles. The summed E-state index contributed by atoms with van der Waals surface area (Å²) in [4.78, 5) is 10.6. The van der Waals surface area contributed by atoms with Gasteiger partial charge in [0.15, 0.2) is 11.4 Å². The fourth-order valence-electron chi connectivity index (χ4n) is 1.37. The minimum absolute atomic E-state index is 0.170. The molecule has 0 aliphatic heterocycles. The molecule has 0 amide bonds. The van der Waals surface area contributed by atoms with Crippen LogP contribution in [0.1, 0.15) is 0 Å². The molecule has 0 aromatic rings. The van der Waals surface area contributed by atoms with Crippen LogP contribution in [0.5, 0.6) is 0 Å².